The Morgan fingerprint density at radius 1 is 1.12 bits per heavy atom. The van der Waals surface area contributed by atoms with Crippen molar-refractivity contribution in [2.75, 3.05) is 26.3 Å². The minimum absolute atomic E-state index is 0.101. The van der Waals surface area contributed by atoms with Crippen LogP contribution in [-0.4, -0.2) is 59.8 Å². The molecule has 2 aliphatic heterocycles. The molecule has 2 amide bonds. The van der Waals surface area contributed by atoms with E-state index in [0.717, 1.165) is 12.8 Å². The Labute approximate surface area is 140 Å². The molecule has 1 spiro atoms. The van der Waals surface area contributed by atoms with Crippen LogP contribution in [0.4, 0.5) is 0 Å². The average molecular weight is 331 g/mol. The van der Waals surface area contributed by atoms with E-state index in [1.54, 1.807) is 11.0 Å². The first-order chi connectivity index (χ1) is 11.7. The number of rotatable bonds is 3. The highest BCUT2D eigenvalue weighted by molar-refractivity contribution is 5.99. The topological polar surface area (TPSA) is 80.8 Å². The highest BCUT2D eigenvalue weighted by Crippen LogP contribution is 2.31. The van der Waals surface area contributed by atoms with Crippen molar-refractivity contribution >= 4 is 11.8 Å². The lowest BCUT2D eigenvalue weighted by molar-refractivity contribution is -0.181. The molecule has 7 heteroatoms. The molecule has 0 unspecified atom stereocenters. The fraction of sp³-hybridized carbons (Fsp3) is 0.588. The minimum atomic E-state index is -0.499. The van der Waals surface area contributed by atoms with Crippen molar-refractivity contribution < 1.29 is 19.1 Å². The number of aromatic nitrogens is 1. The summed E-state index contributed by atoms with van der Waals surface area (Å²) in [6.07, 6.45) is 6.42. The van der Waals surface area contributed by atoms with Crippen molar-refractivity contribution in [2.24, 2.45) is 0 Å². The summed E-state index contributed by atoms with van der Waals surface area (Å²) >= 11 is 0. The number of carbonyl (C=O) groups excluding carboxylic acids is 2. The SMILES string of the molecule is O=C(NC1CC1)c1cncc(C(=O)N2CCC3(CC2)OCCO3)c1. The van der Waals surface area contributed by atoms with E-state index >= 15 is 0 Å². The van der Waals surface area contributed by atoms with Gasteiger partial charge < -0.3 is 19.7 Å². The molecule has 1 aliphatic carbocycles. The molecule has 24 heavy (non-hydrogen) atoms. The first kappa shape index (κ1) is 15.5. The molecule has 1 saturated carbocycles. The summed E-state index contributed by atoms with van der Waals surface area (Å²) in [6.45, 7) is 2.40. The van der Waals surface area contributed by atoms with Crippen LogP contribution in [0, 0.1) is 0 Å². The van der Waals surface area contributed by atoms with Gasteiger partial charge in [0.1, 0.15) is 0 Å². The summed E-state index contributed by atoms with van der Waals surface area (Å²) in [5.74, 6) is -0.762. The summed E-state index contributed by atoms with van der Waals surface area (Å²) < 4.78 is 11.4. The van der Waals surface area contributed by atoms with Gasteiger partial charge in [0, 0.05) is 44.4 Å². The van der Waals surface area contributed by atoms with E-state index in [9.17, 15) is 9.59 Å². The molecule has 3 heterocycles. The Hall–Kier alpha value is -1.99. The predicted octanol–water partition coefficient (Wildman–Crippen LogP) is 0.953. The zero-order valence-electron chi connectivity index (χ0n) is 13.5. The van der Waals surface area contributed by atoms with E-state index in [2.05, 4.69) is 10.3 Å². The molecule has 4 rings (SSSR count). The quantitative estimate of drug-likeness (QED) is 0.892. The van der Waals surface area contributed by atoms with Gasteiger partial charge in [-0.15, -0.1) is 0 Å². The normalized spacial score (nSPS) is 22.6. The number of amides is 2. The Bertz CT molecular complexity index is 643. The largest absolute Gasteiger partial charge is 0.349 e. The van der Waals surface area contributed by atoms with Crippen LogP contribution in [0.2, 0.25) is 0 Å². The van der Waals surface area contributed by atoms with E-state index in [4.69, 9.17) is 9.47 Å². The molecule has 0 atom stereocenters. The van der Waals surface area contributed by atoms with E-state index in [1.807, 2.05) is 0 Å². The van der Waals surface area contributed by atoms with Gasteiger partial charge in [-0.3, -0.25) is 14.6 Å². The van der Waals surface area contributed by atoms with E-state index in [-0.39, 0.29) is 17.9 Å². The van der Waals surface area contributed by atoms with Crippen LogP contribution in [0.25, 0.3) is 0 Å². The zero-order chi connectivity index (χ0) is 16.6. The van der Waals surface area contributed by atoms with Crippen molar-refractivity contribution in [3.8, 4) is 0 Å². The monoisotopic (exact) mass is 331 g/mol. The fourth-order valence-corrected chi connectivity index (χ4v) is 3.20. The molecular formula is C17H21N3O4. The standard InChI is InChI=1S/C17H21N3O4/c21-15(19-14-1-2-14)12-9-13(11-18-10-12)16(22)20-5-3-17(4-6-20)23-7-8-24-17/h9-11,14H,1-8H2,(H,19,21). The first-order valence-corrected chi connectivity index (χ1v) is 8.48. The van der Waals surface area contributed by atoms with Gasteiger partial charge in [-0.25, -0.2) is 0 Å². The van der Waals surface area contributed by atoms with Gasteiger partial charge >= 0.3 is 0 Å². The van der Waals surface area contributed by atoms with Gasteiger partial charge in [-0.1, -0.05) is 0 Å². The summed E-state index contributed by atoms with van der Waals surface area (Å²) in [5, 5.41) is 2.91. The molecule has 128 valence electrons. The van der Waals surface area contributed by atoms with Gasteiger partial charge in [-0.2, -0.15) is 0 Å². The third-order valence-corrected chi connectivity index (χ3v) is 4.79. The molecule has 0 aromatic carbocycles. The maximum absolute atomic E-state index is 12.7. The smallest absolute Gasteiger partial charge is 0.255 e. The lowest BCUT2D eigenvalue weighted by Crippen LogP contribution is -2.47. The van der Waals surface area contributed by atoms with E-state index < -0.39 is 5.79 Å². The number of likely N-dealkylation sites (tertiary alicyclic amines) is 1. The first-order valence-electron chi connectivity index (χ1n) is 8.48. The number of nitrogens with one attached hydrogen (secondary N) is 1. The third-order valence-electron chi connectivity index (χ3n) is 4.79. The summed E-state index contributed by atoms with van der Waals surface area (Å²) in [5.41, 5.74) is 0.881. The Kier molecular flexibility index (Phi) is 3.97. The second-order valence-corrected chi connectivity index (χ2v) is 6.61. The van der Waals surface area contributed by atoms with Crippen molar-refractivity contribution in [1.82, 2.24) is 15.2 Å². The number of nitrogens with zero attached hydrogens (tertiary/aromatic N) is 2. The van der Waals surface area contributed by atoms with Gasteiger partial charge in [0.2, 0.25) is 0 Å². The van der Waals surface area contributed by atoms with Gasteiger partial charge in [0.15, 0.2) is 5.79 Å². The summed E-state index contributed by atoms with van der Waals surface area (Å²) in [4.78, 5) is 30.6. The van der Waals surface area contributed by atoms with E-state index in [0.29, 0.717) is 50.3 Å². The molecule has 0 bridgehead atoms. The number of piperidine rings is 1. The molecule has 1 N–H and O–H groups in total. The van der Waals surface area contributed by atoms with Crippen LogP contribution in [0.15, 0.2) is 18.5 Å². The summed E-state index contributed by atoms with van der Waals surface area (Å²) in [6, 6.07) is 1.90. The van der Waals surface area contributed by atoms with Crippen LogP contribution in [-0.2, 0) is 9.47 Å². The van der Waals surface area contributed by atoms with Crippen LogP contribution in [0.1, 0.15) is 46.4 Å². The number of pyridine rings is 1. The molecule has 3 fully saturated rings. The Morgan fingerprint density at radius 2 is 1.79 bits per heavy atom. The second kappa shape index (κ2) is 6.14. The Balaban J connectivity index is 1.41. The van der Waals surface area contributed by atoms with Gasteiger partial charge in [0.05, 0.1) is 24.3 Å². The maximum Gasteiger partial charge on any atom is 0.255 e. The Morgan fingerprint density at radius 3 is 2.46 bits per heavy atom. The number of ether oxygens (including phenoxy) is 2. The van der Waals surface area contributed by atoms with Crippen LogP contribution in [0.3, 0.4) is 0 Å². The fourth-order valence-electron chi connectivity index (χ4n) is 3.20. The molecule has 7 nitrogen and oxygen atoms in total. The molecule has 0 radical (unpaired) electrons. The van der Waals surface area contributed by atoms with Crippen molar-refractivity contribution in [3.63, 3.8) is 0 Å². The van der Waals surface area contributed by atoms with Crippen molar-refractivity contribution in [1.29, 1.82) is 0 Å². The van der Waals surface area contributed by atoms with Crippen molar-refractivity contribution in [2.45, 2.75) is 37.5 Å². The average Bonchev–Trinajstić information content (AvgIpc) is 3.32. The lowest BCUT2D eigenvalue weighted by Gasteiger charge is -2.37. The van der Waals surface area contributed by atoms with Gasteiger partial charge in [-0.05, 0) is 18.9 Å². The predicted molar refractivity (Wildman–Crippen MR) is 84.5 cm³/mol. The molecular weight excluding hydrogens is 310 g/mol. The second-order valence-electron chi connectivity index (χ2n) is 6.61. The number of carbonyl (C=O) groups is 2. The number of hydrogen-bond acceptors (Lipinski definition) is 5. The zero-order valence-corrected chi connectivity index (χ0v) is 13.5. The van der Waals surface area contributed by atoms with Crippen LogP contribution >= 0.6 is 0 Å². The summed E-state index contributed by atoms with van der Waals surface area (Å²) in [7, 11) is 0. The van der Waals surface area contributed by atoms with Crippen LogP contribution < -0.4 is 5.32 Å². The van der Waals surface area contributed by atoms with Crippen molar-refractivity contribution in [3.05, 3.63) is 29.6 Å². The third kappa shape index (κ3) is 3.14. The maximum atomic E-state index is 12.7. The van der Waals surface area contributed by atoms with Gasteiger partial charge in [0.25, 0.3) is 11.8 Å². The molecule has 1 aromatic heterocycles. The molecule has 2 saturated heterocycles. The van der Waals surface area contributed by atoms with Crippen LogP contribution in [0.5, 0.6) is 0 Å². The highest BCUT2D eigenvalue weighted by Gasteiger charge is 2.40. The van der Waals surface area contributed by atoms with E-state index in [1.165, 1.54) is 12.4 Å². The highest BCUT2D eigenvalue weighted by atomic mass is 16.7. The molecule has 3 aliphatic rings. The molecule has 1 aromatic rings. The lowest BCUT2D eigenvalue weighted by atomic mass is 10.0. The number of hydrogen-bond donors (Lipinski definition) is 1. The minimum Gasteiger partial charge on any atom is -0.349 e.